The number of fused-ring (bicyclic) bond motifs is 2. The minimum Gasteiger partial charge on any atom is -0.393 e. The zero-order valence-corrected chi connectivity index (χ0v) is 5.89. The molecule has 0 saturated carbocycles. The Bertz CT molecular complexity index is 153. The van der Waals surface area contributed by atoms with Crippen LogP contribution in [0.25, 0.3) is 0 Å². The maximum absolute atomic E-state index is 13.4. The Balaban J connectivity index is 2.14. The van der Waals surface area contributed by atoms with Crippen LogP contribution in [0.1, 0.15) is 6.42 Å². The highest BCUT2D eigenvalue weighted by molar-refractivity contribution is 5.01. The molecule has 3 heteroatoms. The van der Waals surface area contributed by atoms with E-state index < -0.39 is 5.67 Å². The van der Waals surface area contributed by atoms with Crippen molar-refractivity contribution < 1.29 is 9.50 Å². The molecule has 58 valence electrons. The number of halogens is 1. The first-order valence-electron chi connectivity index (χ1n) is 3.77. The van der Waals surface area contributed by atoms with Crippen LogP contribution in [0.2, 0.25) is 0 Å². The Kier molecular flexibility index (Phi) is 1.26. The van der Waals surface area contributed by atoms with Gasteiger partial charge in [0.1, 0.15) is 0 Å². The molecular formula is C7H12FNO. The Morgan fingerprint density at radius 3 is 2.80 bits per heavy atom. The molecule has 3 atom stereocenters. The van der Waals surface area contributed by atoms with Gasteiger partial charge in [-0.2, -0.15) is 0 Å². The smallest absolute Gasteiger partial charge is 0.150 e. The number of alkyl halides is 1. The second-order valence-electron chi connectivity index (χ2n) is 3.41. The summed E-state index contributed by atoms with van der Waals surface area (Å²) in [5.74, 6) is 0.109. The van der Waals surface area contributed by atoms with Gasteiger partial charge in [-0.25, -0.2) is 4.39 Å². The maximum atomic E-state index is 13.4. The Morgan fingerprint density at radius 2 is 2.50 bits per heavy atom. The first kappa shape index (κ1) is 6.55. The average molecular weight is 145 g/mol. The van der Waals surface area contributed by atoms with E-state index in [-0.39, 0.29) is 12.5 Å². The van der Waals surface area contributed by atoms with Crippen LogP contribution >= 0.6 is 0 Å². The fourth-order valence-electron chi connectivity index (χ4n) is 2.08. The van der Waals surface area contributed by atoms with E-state index in [0.717, 1.165) is 19.5 Å². The van der Waals surface area contributed by atoms with Crippen LogP contribution in [0.3, 0.4) is 0 Å². The largest absolute Gasteiger partial charge is 0.393 e. The molecule has 2 bridgehead atoms. The van der Waals surface area contributed by atoms with Gasteiger partial charge in [-0.3, -0.25) is 4.90 Å². The molecule has 1 N–H and O–H groups in total. The van der Waals surface area contributed by atoms with Gasteiger partial charge in [0.2, 0.25) is 0 Å². The van der Waals surface area contributed by atoms with Gasteiger partial charge in [0.25, 0.3) is 0 Å². The van der Waals surface area contributed by atoms with E-state index in [1.165, 1.54) is 0 Å². The molecule has 0 aromatic heterocycles. The molecule has 0 aliphatic carbocycles. The first-order valence-corrected chi connectivity index (χ1v) is 3.77. The molecule has 2 aliphatic heterocycles. The molecule has 2 aliphatic rings. The van der Waals surface area contributed by atoms with E-state index >= 15 is 0 Å². The number of aliphatic hydroxyl groups is 1. The third-order valence-electron chi connectivity index (χ3n) is 2.75. The normalized spacial score (nSPS) is 52.2. The van der Waals surface area contributed by atoms with Gasteiger partial charge in [0.05, 0.1) is 6.61 Å². The third kappa shape index (κ3) is 0.705. The summed E-state index contributed by atoms with van der Waals surface area (Å²) in [5, 5.41) is 8.75. The lowest BCUT2D eigenvalue weighted by Crippen LogP contribution is -2.41. The molecule has 2 nitrogen and oxygen atoms in total. The minimum atomic E-state index is -1.27. The average Bonchev–Trinajstić information content (AvgIpc) is 2.46. The van der Waals surface area contributed by atoms with Crippen molar-refractivity contribution in [1.29, 1.82) is 0 Å². The van der Waals surface area contributed by atoms with Crippen molar-refractivity contribution >= 4 is 0 Å². The number of piperidine rings is 1. The number of hydrogen-bond acceptors (Lipinski definition) is 2. The highest BCUT2D eigenvalue weighted by Gasteiger charge is 2.50. The van der Waals surface area contributed by atoms with E-state index in [9.17, 15) is 4.39 Å². The quantitative estimate of drug-likeness (QED) is 0.562. The topological polar surface area (TPSA) is 23.5 Å². The lowest BCUT2D eigenvalue weighted by atomic mass is 9.90. The van der Waals surface area contributed by atoms with Crippen molar-refractivity contribution in [2.24, 2.45) is 5.92 Å². The number of rotatable bonds is 1. The summed E-state index contributed by atoms with van der Waals surface area (Å²) in [6.07, 6.45) is 0.928. The van der Waals surface area contributed by atoms with Gasteiger partial charge in [-0.1, -0.05) is 0 Å². The Morgan fingerprint density at radius 1 is 1.70 bits per heavy atom. The predicted molar refractivity (Wildman–Crippen MR) is 35.5 cm³/mol. The zero-order chi connectivity index (χ0) is 7.19. The molecule has 3 unspecified atom stereocenters. The highest BCUT2D eigenvalue weighted by atomic mass is 19.1. The number of aliphatic hydroxyl groups excluding tert-OH is 1. The van der Waals surface area contributed by atoms with Crippen LogP contribution in [0.5, 0.6) is 0 Å². The van der Waals surface area contributed by atoms with Crippen LogP contribution in [-0.4, -0.2) is 41.9 Å². The van der Waals surface area contributed by atoms with E-state index in [2.05, 4.69) is 4.90 Å². The van der Waals surface area contributed by atoms with Crippen molar-refractivity contribution in [2.75, 3.05) is 26.2 Å². The summed E-state index contributed by atoms with van der Waals surface area (Å²) < 4.78 is 13.4. The van der Waals surface area contributed by atoms with Crippen molar-refractivity contribution in [3.63, 3.8) is 0 Å². The third-order valence-corrected chi connectivity index (χ3v) is 2.75. The van der Waals surface area contributed by atoms with Crippen molar-refractivity contribution in [2.45, 2.75) is 12.1 Å². The molecule has 2 saturated heterocycles. The van der Waals surface area contributed by atoms with Crippen LogP contribution in [0.15, 0.2) is 0 Å². The molecule has 2 rings (SSSR count). The minimum absolute atomic E-state index is 0.109. The first-order chi connectivity index (χ1) is 4.74. The fourth-order valence-corrected chi connectivity index (χ4v) is 2.08. The van der Waals surface area contributed by atoms with Gasteiger partial charge in [0.15, 0.2) is 5.67 Å². The monoisotopic (exact) mass is 145 g/mol. The van der Waals surface area contributed by atoms with Gasteiger partial charge < -0.3 is 5.11 Å². The lowest BCUT2D eigenvalue weighted by molar-refractivity contribution is 0.0275. The molecule has 2 heterocycles. The fraction of sp³-hybridized carbons (Fsp3) is 1.00. The van der Waals surface area contributed by atoms with Crippen LogP contribution in [0.4, 0.5) is 4.39 Å². The standard InChI is InChI=1S/C7H12FNO/c8-7(5-10)4-9-2-1-6(7)3-9/h6,10H,1-5H2. The van der Waals surface area contributed by atoms with Crippen molar-refractivity contribution in [1.82, 2.24) is 4.90 Å². The molecule has 10 heavy (non-hydrogen) atoms. The van der Waals surface area contributed by atoms with Gasteiger partial charge in [0, 0.05) is 19.0 Å². The van der Waals surface area contributed by atoms with E-state index in [0.29, 0.717) is 6.54 Å². The molecule has 0 spiro atoms. The molecule has 2 fully saturated rings. The Hall–Kier alpha value is -0.150. The molecule has 0 amide bonds. The van der Waals surface area contributed by atoms with Gasteiger partial charge in [-0.05, 0) is 13.0 Å². The van der Waals surface area contributed by atoms with Crippen molar-refractivity contribution in [3.05, 3.63) is 0 Å². The number of hydrogen-bond donors (Lipinski definition) is 1. The summed E-state index contributed by atoms with van der Waals surface area (Å²) >= 11 is 0. The summed E-state index contributed by atoms with van der Waals surface area (Å²) in [7, 11) is 0. The van der Waals surface area contributed by atoms with Gasteiger partial charge >= 0.3 is 0 Å². The zero-order valence-electron chi connectivity index (χ0n) is 5.89. The van der Waals surface area contributed by atoms with Crippen LogP contribution < -0.4 is 0 Å². The maximum Gasteiger partial charge on any atom is 0.150 e. The van der Waals surface area contributed by atoms with Gasteiger partial charge in [-0.15, -0.1) is 0 Å². The summed E-state index contributed by atoms with van der Waals surface area (Å²) in [6.45, 7) is 2.04. The summed E-state index contributed by atoms with van der Waals surface area (Å²) in [6, 6.07) is 0. The molecular weight excluding hydrogens is 133 g/mol. The Labute approximate surface area is 59.6 Å². The lowest BCUT2D eigenvalue weighted by Gasteiger charge is -2.27. The second-order valence-corrected chi connectivity index (χ2v) is 3.41. The molecule has 0 aromatic carbocycles. The van der Waals surface area contributed by atoms with Crippen LogP contribution in [0, 0.1) is 5.92 Å². The molecule has 0 aromatic rings. The summed E-state index contributed by atoms with van der Waals surface area (Å²) in [4.78, 5) is 2.08. The SMILES string of the molecule is OCC1(F)CN2CCC1C2. The van der Waals surface area contributed by atoms with E-state index in [4.69, 9.17) is 5.11 Å². The van der Waals surface area contributed by atoms with Crippen molar-refractivity contribution in [3.8, 4) is 0 Å². The van der Waals surface area contributed by atoms with Crippen LogP contribution in [-0.2, 0) is 0 Å². The van der Waals surface area contributed by atoms with E-state index in [1.807, 2.05) is 0 Å². The summed E-state index contributed by atoms with van der Waals surface area (Å²) in [5.41, 5.74) is -1.27. The van der Waals surface area contributed by atoms with E-state index in [1.54, 1.807) is 0 Å². The predicted octanol–water partition coefficient (Wildman–Crippen LogP) is 0.0225. The second kappa shape index (κ2) is 1.92. The highest BCUT2D eigenvalue weighted by Crippen LogP contribution is 2.38. The molecule has 0 radical (unpaired) electrons. The number of nitrogens with zero attached hydrogens (tertiary/aromatic N) is 1.